The molecule has 18 heavy (non-hydrogen) atoms. The monoisotopic (exact) mass is 314 g/mol. The van der Waals surface area contributed by atoms with Gasteiger partial charge in [-0.3, -0.25) is 9.59 Å². The Kier molecular flexibility index (Phi) is 5.15. The number of nitrogens with one attached hydrogen (secondary N) is 1. The van der Waals surface area contributed by atoms with Crippen LogP contribution in [0.25, 0.3) is 0 Å². The van der Waals surface area contributed by atoms with Crippen LogP contribution in [-0.2, 0) is 4.79 Å². The number of carbonyl (C=O) groups is 2. The van der Waals surface area contributed by atoms with Gasteiger partial charge < -0.3 is 15.3 Å². The van der Waals surface area contributed by atoms with Crippen LogP contribution in [-0.4, -0.2) is 42.5 Å². The van der Waals surface area contributed by atoms with Crippen molar-refractivity contribution in [2.24, 2.45) is 0 Å². The molecule has 0 spiro atoms. The summed E-state index contributed by atoms with van der Waals surface area (Å²) in [5, 5.41) is 12.2. The van der Waals surface area contributed by atoms with Crippen LogP contribution in [0.4, 0.5) is 0 Å². The molecule has 0 radical (unpaired) electrons. The van der Waals surface area contributed by atoms with Gasteiger partial charge in [-0.1, -0.05) is 15.9 Å². The molecule has 1 aromatic rings. The zero-order valence-electron chi connectivity index (χ0n) is 10.2. The first-order valence-corrected chi connectivity index (χ1v) is 6.18. The Morgan fingerprint density at radius 1 is 1.39 bits per heavy atom. The fourth-order valence-electron chi connectivity index (χ4n) is 1.30. The smallest absolute Gasteiger partial charge is 0.255 e. The van der Waals surface area contributed by atoms with Gasteiger partial charge in [0.25, 0.3) is 5.91 Å². The summed E-state index contributed by atoms with van der Waals surface area (Å²) in [5.41, 5.74) is 0.190. The van der Waals surface area contributed by atoms with Gasteiger partial charge in [0.2, 0.25) is 5.91 Å². The molecular formula is C12H15BrN2O3. The van der Waals surface area contributed by atoms with E-state index in [4.69, 9.17) is 0 Å². The van der Waals surface area contributed by atoms with Crippen LogP contribution >= 0.6 is 15.9 Å². The summed E-state index contributed by atoms with van der Waals surface area (Å²) in [7, 11) is 3.31. The lowest BCUT2D eigenvalue weighted by Gasteiger charge is -2.11. The molecule has 0 aliphatic heterocycles. The van der Waals surface area contributed by atoms with Crippen LogP contribution in [0.1, 0.15) is 16.8 Å². The molecule has 0 aliphatic rings. The summed E-state index contributed by atoms with van der Waals surface area (Å²) in [6.45, 7) is 0.241. The van der Waals surface area contributed by atoms with Gasteiger partial charge in [0.15, 0.2) is 0 Å². The normalized spacial score (nSPS) is 9.94. The molecule has 0 saturated carbocycles. The Morgan fingerprint density at radius 3 is 2.61 bits per heavy atom. The highest BCUT2D eigenvalue weighted by molar-refractivity contribution is 9.10. The van der Waals surface area contributed by atoms with E-state index in [1.54, 1.807) is 20.2 Å². The maximum atomic E-state index is 11.7. The van der Waals surface area contributed by atoms with E-state index < -0.39 is 5.91 Å². The average molecular weight is 315 g/mol. The van der Waals surface area contributed by atoms with Crippen molar-refractivity contribution in [3.05, 3.63) is 28.2 Å². The van der Waals surface area contributed by atoms with Crippen LogP contribution in [0, 0.1) is 0 Å². The van der Waals surface area contributed by atoms with Gasteiger partial charge in [0.1, 0.15) is 5.75 Å². The summed E-state index contributed by atoms with van der Waals surface area (Å²) in [6, 6.07) is 4.63. The van der Waals surface area contributed by atoms with Crippen molar-refractivity contribution in [2.75, 3.05) is 20.6 Å². The van der Waals surface area contributed by atoms with Crippen molar-refractivity contribution in [3.63, 3.8) is 0 Å². The number of phenols is 1. The van der Waals surface area contributed by atoms with Crippen molar-refractivity contribution >= 4 is 27.7 Å². The highest BCUT2D eigenvalue weighted by atomic mass is 79.9. The first-order chi connectivity index (χ1) is 8.41. The topological polar surface area (TPSA) is 69.6 Å². The zero-order valence-corrected chi connectivity index (χ0v) is 11.8. The number of phenolic OH excluding ortho intramolecular Hbond substituents is 1. The summed E-state index contributed by atoms with van der Waals surface area (Å²) in [6.07, 6.45) is 0.232. The molecule has 0 aliphatic carbocycles. The van der Waals surface area contributed by atoms with Crippen molar-refractivity contribution in [1.82, 2.24) is 10.2 Å². The summed E-state index contributed by atoms with van der Waals surface area (Å²) in [4.78, 5) is 24.5. The van der Waals surface area contributed by atoms with Crippen molar-refractivity contribution < 1.29 is 14.7 Å². The van der Waals surface area contributed by atoms with E-state index in [9.17, 15) is 14.7 Å². The molecule has 0 bridgehead atoms. The van der Waals surface area contributed by atoms with E-state index in [1.165, 1.54) is 17.0 Å². The van der Waals surface area contributed by atoms with Crippen molar-refractivity contribution in [2.45, 2.75) is 6.42 Å². The van der Waals surface area contributed by atoms with E-state index >= 15 is 0 Å². The van der Waals surface area contributed by atoms with Gasteiger partial charge in [0.05, 0.1) is 5.56 Å². The van der Waals surface area contributed by atoms with E-state index in [-0.39, 0.29) is 30.2 Å². The number of hydrogen-bond acceptors (Lipinski definition) is 3. The summed E-state index contributed by atoms with van der Waals surface area (Å²) in [5.74, 6) is -0.553. The molecular weight excluding hydrogens is 300 g/mol. The van der Waals surface area contributed by atoms with Gasteiger partial charge in [-0.2, -0.15) is 0 Å². The number of amides is 2. The fraction of sp³-hybridized carbons (Fsp3) is 0.333. The third-order valence-corrected chi connectivity index (χ3v) is 2.82. The van der Waals surface area contributed by atoms with Crippen LogP contribution in [0.5, 0.6) is 5.75 Å². The maximum absolute atomic E-state index is 11.7. The van der Waals surface area contributed by atoms with E-state index in [0.29, 0.717) is 4.47 Å². The highest BCUT2D eigenvalue weighted by Gasteiger charge is 2.11. The largest absolute Gasteiger partial charge is 0.507 e. The first kappa shape index (κ1) is 14.5. The molecule has 1 rings (SSSR count). The number of carbonyl (C=O) groups excluding carboxylic acids is 2. The van der Waals surface area contributed by atoms with Gasteiger partial charge >= 0.3 is 0 Å². The average Bonchev–Trinajstić information content (AvgIpc) is 2.28. The minimum atomic E-state index is -0.397. The third kappa shape index (κ3) is 4.03. The Balaban J connectivity index is 2.53. The Morgan fingerprint density at radius 2 is 2.06 bits per heavy atom. The fourth-order valence-corrected chi connectivity index (χ4v) is 1.65. The van der Waals surface area contributed by atoms with Gasteiger partial charge in [-0.05, 0) is 18.2 Å². The number of hydrogen-bond donors (Lipinski definition) is 2. The molecule has 0 saturated heterocycles. The predicted molar refractivity (Wildman–Crippen MR) is 71.5 cm³/mol. The molecule has 1 aromatic carbocycles. The quantitative estimate of drug-likeness (QED) is 0.881. The second-order valence-corrected chi connectivity index (χ2v) is 4.87. The molecule has 2 N–H and O–H groups in total. The SMILES string of the molecule is CN(C)C(=O)CCNC(=O)c1ccc(Br)cc1O. The Hall–Kier alpha value is -1.56. The van der Waals surface area contributed by atoms with E-state index in [1.807, 2.05) is 0 Å². The van der Waals surface area contributed by atoms with E-state index in [2.05, 4.69) is 21.2 Å². The zero-order chi connectivity index (χ0) is 13.7. The molecule has 6 heteroatoms. The summed E-state index contributed by atoms with van der Waals surface area (Å²) >= 11 is 3.19. The number of aromatic hydroxyl groups is 1. The highest BCUT2D eigenvalue weighted by Crippen LogP contribution is 2.21. The predicted octanol–water partition coefficient (Wildman–Crippen LogP) is 1.36. The van der Waals surface area contributed by atoms with E-state index in [0.717, 1.165) is 0 Å². The number of benzene rings is 1. The van der Waals surface area contributed by atoms with Gasteiger partial charge in [-0.25, -0.2) is 0 Å². The lowest BCUT2D eigenvalue weighted by Crippen LogP contribution is -2.30. The molecule has 2 amide bonds. The van der Waals surface area contributed by atoms with Crippen LogP contribution in [0.3, 0.4) is 0 Å². The number of nitrogens with zero attached hydrogens (tertiary/aromatic N) is 1. The molecule has 5 nitrogen and oxygen atoms in total. The molecule has 0 heterocycles. The van der Waals surface area contributed by atoms with Crippen molar-refractivity contribution in [1.29, 1.82) is 0 Å². The minimum Gasteiger partial charge on any atom is -0.507 e. The molecule has 0 aromatic heterocycles. The van der Waals surface area contributed by atoms with Crippen LogP contribution in [0.2, 0.25) is 0 Å². The first-order valence-electron chi connectivity index (χ1n) is 5.38. The molecule has 0 fully saturated rings. The second kappa shape index (κ2) is 6.39. The second-order valence-electron chi connectivity index (χ2n) is 3.96. The maximum Gasteiger partial charge on any atom is 0.255 e. The Bertz CT molecular complexity index is 461. The summed E-state index contributed by atoms with van der Waals surface area (Å²) < 4.78 is 0.694. The molecule has 98 valence electrons. The van der Waals surface area contributed by atoms with Crippen LogP contribution < -0.4 is 5.32 Å². The number of rotatable bonds is 4. The third-order valence-electron chi connectivity index (χ3n) is 2.33. The Labute approximate surface area is 114 Å². The van der Waals surface area contributed by atoms with Crippen molar-refractivity contribution in [3.8, 4) is 5.75 Å². The van der Waals surface area contributed by atoms with Gasteiger partial charge in [0, 0.05) is 31.5 Å². The number of halogens is 1. The van der Waals surface area contributed by atoms with Gasteiger partial charge in [-0.15, -0.1) is 0 Å². The molecule has 0 atom stereocenters. The lowest BCUT2D eigenvalue weighted by molar-refractivity contribution is -0.128. The standard InChI is InChI=1S/C12H15BrN2O3/c1-15(2)11(17)5-6-14-12(18)9-4-3-8(13)7-10(9)16/h3-4,7,16H,5-6H2,1-2H3,(H,14,18). The lowest BCUT2D eigenvalue weighted by atomic mass is 10.2. The minimum absolute atomic E-state index is 0.0599. The molecule has 0 unspecified atom stereocenters. The van der Waals surface area contributed by atoms with Crippen LogP contribution in [0.15, 0.2) is 22.7 Å².